The molecule has 1 aliphatic carbocycles. The first-order valence-corrected chi connectivity index (χ1v) is 9.64. The van der Waals surface area contributed by atoms with Gasteiger partial charge in [0.25, 0.3) is 0 Å². The lowest BCUT2D eigenvalue weighted by Crippen LogP contribution is -2.33. The SMILES string of the molecule is COC[C@]1(C(N)=S)[C@H](c2ccc(F)cc2)[C@@H]1S(=O)(=O)c1ccccc1. The topological polar surface area (TPSA) is 69.4 Å². The maximum atomic E-state index is 13.3. The molecule has 0 radical (unpaired) electrons. The summed E-state index contributed by atoms with van der Waals surface area (Å²) in [5.74, 6) is -0.865. The van der Waals surface area contributed by atoms with Crippen molar-refractivity contribution >= 4 is 27.0 Å². The number of hydrogen-bond acceptors (Lipinski definition) is 4. The van der Waals surface area contributed by atoms with E-state index >= 15 is 0 Å². The predicted molar refractivity (Wildman–Crippen MR) is 97.7 cm³/mol. The van der Waals surface area contributed by atoms with E-state index in [-0.39, 0.29) is 22.3 Å². The average molecular weight is 379 g/mol. The molecule has 132 valence electrons. The molecule has 4 nitrogen and oxygen atoms in total. The molecule has 2 aromatic rings. The fraction of sp³-hybridized carbons (Fsp3) is 0.278. The summed E-state index contributed by atoms with van der Waals surface area (Å²) in [7, 11) is -2.21. The van der Waals surface area contributed by atoms with Gasteiger partial charge in [0, 0.05) is 13.0 Å². The van der Waals surface area contributed by atoms with Gasteiger partial charge in [0.2, 0.25) is 0 Å². The van der Waals surface area contributed by atoms with E-state index in [1.165, 1.54) is 19.2 Å². The fourth-order valence-electron chi connectivity index (χ4n) is 3.54. The Morgan fingerprint density at radius 2 is 1.80 bits per heavy atom. The number of halogens is 1. The van der Waals surface area contributed by atoms with Crippen molar-refractivity contribution in [2.24, 2.45) is 11.1 Å². The van der Waals surface area contributed by atoms with Crippen LogP contribution in [0, 0.1) is 11.2 Å². The van der Waals surface area contributed by atoms with Crippen LogP contribution in [0.4, 0.5) is 4.39 Å². The van der Waals surface area contributed by atoms with Crippen molar-refractivity contribution in [1.82, 2.24) is 0 Å². The highest BCUT2D eigenvalue weighted by atomic mass is 32.2. The van der Waals surface area contributed by atoms with Gasteiger partial charge in [-0.05, 0) is 29.8 Å². The predicted octanol–water partition coefficient (Wildman–Crippen LogP) is 2.68. The van der Waals surface area contributed by atoms with Gasteiger partial charge in [-0.3, -0.25) is 0 Å². The molecule has 1 aliphatic rings. The van der Waals surface area contributed by atoms with Crippen molar-refractivity contribution in [3.63, 3.8) is 0 Å². The third-order valence-electron chi connectivity index (χ3n) is 4.73. The van der Waals surface area contributed by atoms with Crippen LogP contribution in [-0.4, -0.2) is 32.4 Å². The van der Waals surface area contributed by atoms with E-state index in [4.69, 9.17) is 22.7 Å². The maximum Gasteiger partial charge on any atom is 0.182 e. The molecule has 0 aromatic heterocycles. The van der Waals surface area contributed by atoms with Gasteiger partial charge in [-0.1, -0.05) is 42.5 Å². The maximum absolute atomic E-state index is 13.3. The third kappa shape index (κ3) is 2.86. The molecule has 7 heteroatoms. The molecule has 25 heavy (non-hydrogen) atoms. The highest BCUT2D eigenvalue weighted by Gasteiger charge is 2.73. The summed E-state index contributed by atoms with van der Waals surface area (Å²) in [6.07, 6.45) is 0. The number of hydrogen-bond donors (Lipinski definition) is 1. The van der Waals surface area contributed by atoms with Gasteiger partial charge in [0.15, 0.2) is 9.84 Å². The first kappa shape index (κ1) is 18.0. The largest absolute Gasteiger partial charge is 0.393 e. The van der Waals surface area contributed by atoms with Crippen LogP contribution >= 0.6 is 12.2 Å². The van der Waals surface area contributed by atoms with E-state index in [1.54, 1.807) is 42.5 Å². The van der Waals surface area contributed by atoms with Crippen molar-refractivity contribution in [2.45, 2.75) is 16.1 Å². The van der Waals surface area contributed by atoms with Gasteiger partial charge in [-0.25, -0.2) is 12.8 Å². The molecule has 0 spiro atoms. The Kier molecular flexibility index (Phi) is 4.66. The summed E-state index contributed by atoms with van der Waals surface area (Å²) in [6.45, 7) is 0.0844. The summed E-state index contributed by atoms with van der Waals surface area (Å²) in [6, 6.07) is 13.9. The van der Waals surface area contributed by atoms with E-state index in [1.807, 2.05) is 0 Å². The van der Waals surface area contributed by atoms with Crippen molar-refractivity contribution in [2.75, 3.05) is 13.7 Å². The van der Waals surface area contributed by atoms with Crippen LogP contribution in [0.2, 0.25) is 0 Å². The summed E-state index contributed by atoms with van der Waals surface area (Å²) < 4.78 is 44.9. The molecule has 3 rings (SSSR count). The standard InChI is InChI=1S/C18H18FNO3S2/c1-23-11-18(17(20)24)15(12-7-9-13(19)10-8-12)16(18)25(21,22)14-5-3-2-4-6-14/h2-10,15-16H,11H2,1H3,(H2,20,24)/t15-,16+,18+/m1/s1. The molecule has 0 aliphatic heterocycles. The van der Waals surface area contributed by atoms with Gasteiger partial charge in [0.1, 0.15) is 5.82 Å². The molecule has 0 bridgehead atoms. The number of nitrogens with two attached hydrogens (primary N) is 1. The zero-order valence-electron chi connectivity index (χ0n) is 13.6. The van der Waals surface area contributed by atoms with Crippen molar-refractivity contribution in [1.29, 1.82) is 0 Å². The van der Waals surface area contributed by atoms with E-state index < -0.39 is 26.4 Å². The van der Waals surface area contributed by atoms with Crippen LogP contribution in [0.5, 0.6) is 0 Å². The molecule has 3 atom stereocenters. The normalized spacial score (nSPS) is 25.5. The van der Waals surface area contributed by atoms with Crippen LogP contribution in [0.3, 0.4) is 0 Å². The van der Waals surface area contributed by atoms with Crippen LogP contribution in [0.25, 0.3) is 0 Å². The monoisotopic (exact) mass is 379 g/mol. The van der Waals surface area contributed by atoms with Crippen LogP contribution in [0.15, 0.2) is 59.5 Å². The smallest absolute Gasteiger partial charge is 0.182 e. The Morgan fingerprint density at radius 3 is 2.32 bits per heavy atom. The zero-order valence-corrected chi connectivity index (χ0v) is 15.2. The third-order valence-corrected chi connectivity index (χ3v) is 7.40. The Labute approximate surface area is 151 Å². The van der Waals surface area contributed by atoms with Gasteiger partial charge < -0.3 is 10.5 Å². The minimum Gasteiger partial charge on any atom is -0.393 e. The van der Waals surface area contributed by atoms with E-state index in [2.05, 4.69) is 0 Å². The molecule has 0 heterocycles. The molecule has 1 fully saturated rings. The summed E-state index contributed by atoms with van der Waals surface area (Å²) in [5, 5.41) is -0.842. The van der Waals surface area contributed by atoms with Crippen LogP contribution in [-0.2, 0) is 14.6 Å². The summed E-state index contributed by atoms with van der Waals surface area (Å²) in [5.41, 5.74) is 5.63. The minimum absolute atomic E-state index is 0.0844. The molecular formula is C18H18FNO3S2. The van der Waals surface area contributed by atoms with Crippen LogP contribution < -0.4 is 5.73 Å². The van der Waals surface area contributed by atoms with Crippen molar-refractivity contribution in [3.8, 4) is 0 Å². The molecule has 2 N–H and O–H groups in total. The quantitative estimate of drug-likeness (QED) is 0.782. The number of sulfone groups is 1. The number of methoxy groups -OCH3 is 1. The second-order valence-corrected chi connectivity index (χ2v) is 8.65. The Hall–Kier alpha value is -1.83. The van der Waals surface area contributed by atoms with Gasteiger partial charge in [-0.2, -0.15) is 0 Å². The van der Waals surface area contributed by atoms with Crippen LogP contribution in [0.1, 0.15) is 11.5 Å². The highest BCUT2D eigenvalue weighted by Crippen LogP contribution is 2.64. The average Bonchev–Trinajstić information content (AvgIpc) is 3.28. The molecule has 0 amide bonds. The lowest BCUT2D eigenvalue weighted by Gasteiger charge is -2.16. The van der Waals surface area contributed by atoms with Crippen molar-refractivity contribution < 1.29 is 17.5 Å². The van der Waals surface area contributed by atoms with Gasteiger partial charge in [0.05, 0.1) is 27.2 Å². The fourth-order valence-corrected chi connectivity index (χ4v) is 6.33. The lowest BCUT2D eigenvalue weighted by molar-refractivity contribution is 0.166. The first-order valence-electron chi connectivity index (χ1n) is 7.69. The second-order valence-electron chi connectivity index (χ2n) is 6.15. The first-order chi connectivity index (χ1) is 11.9. The van der Waals surface area contributed by atoms with Gasteiger partial charge >= 0.3 is 0 Å². The Balaban J connectivity index is 2.12. The molecular weight excluding hydrogens is 361 g/mol. The minimum atomic E-state index is -3.69. The van der Waals surface area contributed by atoms with E-state index in [9.17, 15) is 12.8 Å². The zero-order chi connectivity index (χ0) is 18.2. The highest BCUT2D eigenvalue weighted by molar-refractivity contribution is 7.92. The second kappa shape index (κ2) is 6.48. The molecule has 0 unspecified atom stereocenters. The number of rotatable bonds is 6. The number of thiocarbonyl (C=S) groups is 1. The Bertz CT molecular complexity index is 884. The molecule has 2 aromatic carbocycles. The molecule has 0 saturated heterocycles. The van der Waals surface area contributed by atoms with E-state index in [0.29, 0.717) is 5.56 Å². The summed E-state index contributed by atoms with van der Waals surface area (Å²) >= 11 is 5.22. The lowest BCUT2D eigenvalue weighted by atomic mass is 10.00. The Morgan fingerprint density at radius 1 is 1.20 bits per heavy atom. The summed E-state index contributed by atoms with van der Waals surface area (Å²) in [4.78, 5) is 0.300. The number of benzene rings is 2. The van der Waals surface area contributed by atoms with E-state index in [0.717, 1.165) is 0 Å². The van der Waals surface area contributed by atoms with Crippen molar-refractivity contribution in [3.05, 3.63) is 66.0 Å². The van der Waals surface area contributed by atoms with Gasteiger partial charge in [-0.15, -0.1) is 0 Å². The number of ether oxygens (including phenoxy) is 1. The molecule has 1 saturated carbocycles.